The molecule has 34 heavy (non-hydrogen) atoms. The molecular weight excluding hydrogens is 445 g/mol. The molecule has 2 aromatic carbocycles. The summed E-state index contributed by atoms with van der Waals surface area (Å²) in [4.78, 5) is 0. The molecule has 0 bridgehead atoms. The van der Waals surface area contributed by atoms with Crippen molar-refractivity contribution < 1.29 is 17.9 Å². The van der Waals surface area contributed by atoms with Crippen molar-refractivity contribution in [1.82, 2.24) is 30.8 Å². The van der Waals surface area contributed by atoms with Crippen LogP contribution in [0.25, 0.3) is 5.69 Å². The van der Waals surface area contributed by atoms with Crippen molar-refractivity contribution in [2.45, 2.75) is 57.4 Å². The van der Waals surface area contributed by atoms with Crippen LogP contribution in [0.3, 0.4) is 0 Å². The van der Waals surface area contributed by atoms with E-state index in [0.717, 1.165) is 37.8 Å². The fourth-order valence-corrected chi connectivity index (χ4v) is 4.20. The summed E-state index contributed by atoms with van der Waals surface area (Å²) in [5.74, 6) is -0.516. The van der Waals surface area contributed by atoms with Crippen LogP contribution >= 0.6 is 0 Å². The average molecular weight is 475 g/mol. The Hall–Kier alpha value is -2.98. The van der Waals surface area contributed by atoms with Gasteiger partial charge in [-0.15, -0.1) is 5.10 Å². The van der Waals surface area contributed by atoms with Crippen LogP contribution in [0.4, 0.5) is 13.2 Å². The molecule has 182 valence electrons. The molecule has 2 heterocycles. The molecule has 2 unspecified atom stereocenters. The van der Waals surface area contributed by atoms with Crippen molar-refractivity contribution in [3.8, 4) is 11.4 Å². The Morgan fingerprint density at radius 3 is 2.76 bits per heavy atom. The molecule has 7 nitrogen and oxygen atoms in total. The Balaban J connectivity index is 1.58. The van der Waals surface area contributed by atoms with E-state index >= 15 is 0 Å². The highest BCUT2D eigenvalue weighted by molar-refractivity contribution is 5.44. The molecule has 1 aliphatic rings. The minimum atomic E-state index is -4.66. The van der Waals surface area contributed by atoms with E-state index in [1.807, 2.05) is 18.2 Å². The molecule has 0 radical (unpaired) electrons. The lowest BCUT2D eigenvalue weighted by Crippen LogP contribution is -2.45. The minimum Gasteiger partial charge on any atom is -0.493 e. The Labute approximate surface area is 196 Å². The number of rotatable bonds is 9. The van der Waals surface area contributed by atoms with E-state index in [1.54, 1.807) is 18.2 Å². The standard InChI is InChI=1S/C24H29F3N6O/c1-2-3-14-34-21-12-11-19(33-23(24(25,26)27)30-31-32-33)15-18(21)16-29-20-10-7-13-28-22(20)17-8-5-4-6-9-17/h4-6,8-9,11-12,15,20,22,28-29H,2-3,7,10,13-14,16H2,1H3. The third-order valence-electron chi connectivity index (χ3n) is 5.94. The lowest BCUT2D eigenvalue weighted by atomic mass is 9.92. The van der Waals surface area contributed by atoms with Crippen molar-refractivity contribution in [3.05, 3.63) is 65.5 Å². The monoisotopic (exact) mass is 474 g/mol. The summed E-state index contributed by atoms with van der Waals surface area (Å²) < 4.78 is 46.7. The first-order chi connectivity index (χ1) is 16.5. The lowest BCUT2D eigenvalue weighted by Gasteiger charge is -2.34. The zero-order valence-electron chi connectivity index (χ0n) is 19.1. The van der Waals surface area contributed by atoms with E-state index in [2.05, 4.69) is 45.2 Å². The van der Waals surface area contributed by atoms with E-state index in [1.165, 1.54) is 5.56 Å². The predicted molar refractivity (Wildman–Crippen MR) is 122 cm³/mol. The quantitative estimate of drug-likeness (QED) is 0.447. The van der Waals surface area contributed by atoms with Gasteiger partial charge in [0.15, 0.2) is 0 Å². The molecular formula is C24H29F3N6O. The smallest absolute Gasteiger partial charge is 0.453 e. The Bertz CT molecular complexity index is 1060. The number of halogens is 3. The highest BCUT2D eigenvalue weighted by Gasteiger charge is 2.38. The number of aromatic nitrogens is 4. The maximum atomic E-state index is 13.3. The van der Waals surface area contributed by atoms with E-state index in [4.69, 9.17) is 4.74 Å². The van der Waals surface area contributed by atoms with Crippen LogP contribution in [0.1, 0.15) is 55.6 Å². The molecule has 2 N–H and O–H groups in total. The number of alkyl halides is 3. The molecule has 1 saturated heterocycles. The predicted octanol–water partition coefficient (Wildman–Crippen LogP) is 4.44. The highest BCUT2D eigenvalue weighted by Crippen LogP contribution is 2.30. The van der Waals surface area contributed by atoms with Crippen LogP contribution in [0, 0.1) is 0 Å². The number of tetrazole rings is 1. The number of hydrogen-bond acceptors (Lipinski definition) is 6. The van der Waals surface area contributed by atoms with Crippen LogP contribution < -0.4 is 15.4 Å². The first-order valence-electron chi connectivity index (χ1n) is 11.6. The van der Waals surface area contributed by atoms with E-state index in [9.17, 15) is 13.2 Å². The van der Waals surface area contributed by atoms with Gasteiger partial charge in [0.05, 0.1) is 12.3 Å². The van der Waals surface area contributed by atoms with Gasteiger partial charge in [0, 0.05) is 24.2 Å². The lowest BCUT2D eigenvalue weighted by molar-refractivity contribution is -0.146. The van der Waals surface area contributed by atoms with Crippen LogP contribution in [-0.2, 0) is 12.7 Å². The van der Waals surface area contributed by atoms with Gasteiger partial charge in [-0.25, -0.2) is 0 Å². The second-order valence-corrected chi connectivity index (χ2v) is 8.38. The maximum absolute atomic E-state index is 13.3. The average Bonchev–Trinajstić information content (AvgIpc) is 3.35. The number of benzene rings is 2. The van der Waals surface area contributed by atoms with Gasteiger partial charge < -0.3 is 15.4 Å². The molecule has 0 aliphatic carbocycles. The SMILES string of the molecule is CCCCOc1ccc(-n2nnnc2C(F)(F)F)cc1CNC1CCCNC1c1ccccc1. The van der Waals surface area contributed by atoms with Crippen molar-refractivity contribution in [1.29, 1.82) is 0 Å². The van der Waals surface area contributed by atoms with Crippen LogP contribution in [0.5, 0.6) is 5.75 Å². The van der Waals surface area contributed by atoms with Crippen LogP contribution in [0.15, 0.2) is 48.5 Å². The molecule has 0 spiro atoms. The minimum absolute atomic E-state index is 0.152. The molecule has 2 atom stereocenters. The highest BCUT2D eigenvalue weighted by atomic mass is 19.4. The number of hydrogen-bond donors (Lipinski definition) is 2. The fraction of sp³-hybridized carbons (Fsp3) is 0.458. The van der Waals surface area contributed by atoms with E-state index in [0.29, 0.717) is 23.6 Å². The molecule has 10 heteroatoms. The normalized spacial score (nSPS) is 18.7. The largest absolute Gasteiger partial charge is 0.493 e. The van der Waals surface area contributed by atoms with Gasteiger partial charge in [0.25, 0.3) is 5.82 Å². The van der Waals surface area contributed by atoms with Gasteiger partial charge in [-0.1, -0.05) is 43.7 Å². The maximum Gasteiger partial charge on any atom is 0.453 e. The summed E-state index contributed by atoms with van der Waals surface area (Å²) in [6.07, 6.45) is -0.751. The second-order valence-electron chi connectivity index (χ2n) is 8.38. The van der Waals surface area contributed by atoms with Gasteiger partial charge in [-0.3, -0.25) is 0 Å². The summed E-state index contributed by atoms with van der Waals surface area (Å²) in [5, 5.41) is 17.2. The Morgan fingerprint density at radius 1 is 1.18 bits per heavy atom. The summed E-state index contributed by atoms with van der Waals surface area (Å²) >= 11 is 0. The molecule has 3 aromatic rings. The van der Waals surface area contributed by atoms with Crippen molar-refractivity contribution in [2.24, 2.45) is 0 Å². The van der Waals surface area contributed by atoms with Gasteiger partial charge in [0.1, 0.15) is 5.75 Å². The zero-order chi connectivity index (χ0) is 24.0. The van der Waals surface area contributed by atoms with Gasteiger partial charge >= 0.3 is 6.18 Å². The molecule has 4 rings (SSSR count). The number of nitrogens with zero attached hydrogens (tertiary/aromatic N) is 4. The van der Waals surface area contributed by atoms with Crippen LogP contribution in [-0.4, -0.2) is 39.4 Å². The first-order valence-corrected chi connectivity index (χ1v) is 11.6. The third-order valence-corrected chi connectivity index (χ3v) is 5.94. The fourth-order valence-electron chi connectivity index (χ4n) is 4.20. The molecule has 1 aromatic heterocycles. The molecule has 0 amide bonds. The number of piperidine rings is 1. The van der Waals surface area contributed by atoms with Crippen LogP contribution in [0.2, 0.25) is 0 Å². The van der Waals surface area contributed by atoms with Gasteiger partial charge in [-0.05, 0) is 60.0 Å². The summed E-state index contributed by atoms with van der Waals surface area (Å²) in [5.41, 5.74) is 2.20. The van der Waals surface area contributed by atoms with Gasteiger partial charge in [0.2, 0.25) is 0 Å². The zero-order valence-corrected chi connectivity index (χ0v) is 19.1. The molecule has 1 aliphatic heterocycles. The van der Waals surface area contributed by atoms with Gasteiger partial charge in [-0.2, -0.15) is 17.9 Å². The first kappa shape index (κ1) is 24.2. The summed E-state index contributed by atoms with van der Waals surface area (Å²) in [7, 11) is 0. The van der Waals surface area contributed by atoms with E-state index in [-0.39, 0.29) is 17.8 Å². The molecule has 1 fully saturated rings. The number of ether oxygens (including phenoxy) is 1. The Morgan fingerprint density at radius 2 is 2.00 bits per heavy atom. The van der Waals surface area contributed by atoms with Crippen molar-refractivity contribution in [3.63, 3.8) is 0 Å². The summed E-state index contributed by atoms with van der Waals surface area (Å²) in [6.45, 7) is 4.00. The number of unbranched alkanes of at least 4 members (excludes halogenated alkanes) is 1. The third kappa shape index (κ3) is 5.74. The second kappa shape index (κ2) is 11.0. The topological polar surface area (TPSA) is 76.9 Å². The number of nitrogens with one attached hydrogen (secondary N) is 2. The molecule has 0 saturated carbocycles. The van der Waals surface area contributed by atoms with E-state index < -0.39 is 12.0 Å². The van der Waals surface area contributed by atoms with Crippen molar-refractivity contribution in [2.75, 3.05) is 13.2 Å². The van der Waals surface area contributed by atoms with Crippen molar-refractivity contribution >= 4 is 0 Å². The Kier molecular flexibility index (Phi) is 7.79. The summed E-state index contributed by atoms with van der Waals surface area (Å²) in [6, 6.07) is 15.5.